The fourth-order valence-electron chi connectivity index (χ4n) is 1.53. The molecule has 0 heterocycles. The van der Waals surface area contributed by atoms with Gasteiger partial charge in [-0.15, -0.1) is 0 Å². The zero-order valence-electron chi connectivity index (χ0n) is 11.4. The van der Waals surface area contributed by atoms with E-state index in [0.29, 0.717) is 0 Å². The van der Waals surface area contributed by atoms with E-state index >= 15 is 0 Å². The standard InChI is InChI=1S/C9H15F7O3SSi/c1-4-21(5-2,6-3)19-20(17,18)9(15,16)7(10,11)8(12,13)14/h4-6H2,1-3H3. The van der Waals surface area contributed by atoms with E-state index in [4.69, 9.17) is 0 Å². The molecule has 0 N–H and O–H groups in total. The van der Waals surface area contributed by atoms with Gasteiger partial charge in [0.05, 0.1) is 0 Å². The highest BCUT2D eigenvalue weighted by Gasteiger charge is 2.79. The Morgan fingerprint density at radius 1 is 0.857 bits per heavy atom. The largest absolute Gasteiger partial charge is 0.461 e. The molecule has 0 rings (SSSR count). The summed E-state index contributed by atoms with van der Waals surface area (Å²) in [6, 6.07) is -0.0628. The molecule has 0 aliphatic heterocycles. The SMILES string of the molecule is CC[Si](CC)(CC)OS(=O)(=O)C(F)(F)C(F)(F)C(F)(F)F. The van der Waals surface area contributed by atoms with E-state index in [9.17, 15) is 39.2 Å². The van der Waals surface area contributed by atoms with Crippen LogP contribution >= 0.6 is 0 Å². The molecule has 0 fully saturated rings. The van der Waals surface area contributed by atoms with Crippen LogP contribution in [0.3, 0.4) is 0 Å². The molecule has 0 radical (unpaired) electrons. The van der Waals surface area contributed by atoms with E-state index in [1.807, 2.05) is 0 Å². The molecule has 0 spiro atoms. The van der Waals surface area contributed by atoms with Crippen molar-refractivity contribution in [1.82, 2.24) is 0 Å². The summed E-state index contributed by atoms with van der Waals surface area (Å²) in [5.74, 6) is -6.74. The van der Waals surface area contributed by atoms with E-state index in [1.54, 1.807) is 0 Å². The topological polar surface area (TPSA) is 43.4 Å². The van der Waals surface area contributed by atoms with Gasteiger partial charge in [-0.05, 0) is 18.1 Å². The van der Waals surface area contributed by atoms with Gasteiger partial charge < -0.3 is 3.87 Å². The Morgan fingerprint density at radius 3 is 1.43 bits per heavy atom. The molecule has 0 amide bonds. The van der Waals surface area contributed by atoms with Crippen LogP contribution in [0.25, 0.3) is 0 Å². The Labute approximate surface area is 118 Å². The minimum atomic E-state index is -6.74. The van der Waals surface area contributed by atoms with Crippen molar-refractivity contribution in [3.05, 3.63) is 0 Å². The molecule has 0 aromatic rings. The summed E-state index contributed by atoms with van der Waals surface area (Å²) >= 11 is 0. The lowest BCUT2D eigenvalue weighted by Gasteiger charge is -2.32. The van der Waals surface area contributed by atoms with Crippen LogP contribution in [0.4, 0.5) is 30.7 Å². The van der Waals surface area contributed by atoms with Gasteiger partial charge in [-0.25, -0.2) is 0 Å². The Hall–Kier alpha value is -0.363. The van der Waals surface area contributed by atoms with Crippen LogP contribution in [0.5, 0.6) is 0 Å². The molecule has 0 bridgehead atoms. The smallest absolute Gasteiger partial charge is 0.310 e. The van der Waals surface area contributed by atoms with Crippen molar-refractivity contribution < 1.29 is 43.0 Å². The van der Waals surface area contributed by atoms with Gasteiger partial charge in [-0.3, -0.25) is 0 Å². The predicted octanol–water partition coefficient (Wildman–Crippen LogP) is 4.13. The van der Waals surface area contributed by atoms with Crippen molar-refractivity contribution in [3.63, 3.8) is 0 Å². The number of alkyl halides is 7. The normalized spacial score (nSPS) is 15.3. The summed E-state index contributed by atoms with van der Waals surface area (Å²) in [5, 5.41) is -6.39. The van der Waals surface area contributed by atoms with Gasteiger partial charge in [-0.1, -0.05) is 20.8 Å². The van der Waals surface area contributed by atoms with Crippen LogP contribution in [0.2, 0.25) is 18.1 Å². The summed E-state index contributed by atoms with van der Waals surface area (Å²) in [5.41, 5.74) is 0. The van der Waals surface area contributed by atoms with Crippen LogP contribution in [0.15, 0.2) is 0 Å². The van der Waals surface area contributed by atoms with E-state index < -0.39 is 35.8 Å². The van der Waals surface area contributed by atoms with E-state index in [1.165, 1.54) is 20.8 Å². The second-order valence-electron chi connectivity index (χ2n) is 4.37. The number of rotatable bonds is 7. The third-order valence-corrected chi connectivity index (χ3v) is 10.3. The molecule has 3 nitrogen and oxygen atoms in total. The van der Waals surface area contributed by atoms with Crippen molar-refractivity contribution in [2.75, 3.05) is 0 Å². The van der Waals surface area contributed by atoms with Crippen molar-refractivity contribution >= 4 is 18.4 Å². The third-order valence-electron chi connectivity index (χ3n) is 3.26. The van der Waals surface area contributed by atoms with Gasteiger partial charge >= 0.3 is 27.5 Å². The molecule has 21 heavy (non-hydrogen) atoms. The van der Waals surface area contributed by atoms with Crippen LogP contribution in [0.1, 0.15) is 20.8 Å². The molecule has 0 saturated heterocycles. The molecular formula is C9H15F7O3SSi. The van der Waals surface area contributed by atoms with Crippen LogP contribution < -0.4 is 0 Å². The summed E-state index contributed by atoms with van der Waals surface area (Å²) in [7, 11) is -9.81. The Kier molecular flexibility index (Phi) is 5.92. The number of halogens is 7. The zero-order valence-corrected chi connectivity index (χ0v) is 13.2. The Morgan fingerprint density at radius 2 is 1.19 bits per heavy atom. The summed E-state index contributed by atoms with van der Waals surface area (Å²) < 4.78 is 115. The lowest BCUT2D eigenvalue weighted by Crippen LogP contribution is -2.58. The van der Waals surface area contributed by atoms with Gasteiger partial charge in [0, 0.05) is 0 Å². The molecule has 0 atom stereocenters. The summed E-state index contributed by atoms with van der Waals surface area (Å²) in [6.45, 7) is 4.19. The molecule has 0 aliphatic rings. The van der Waals surface area contributed by atoms with Gasteiger partial charge in [0.2, 0.25) is 8.32 Å². The minimum absolute atomic E-state index is 0.0209. The summed E-state index contributed by atoms with van der Waals surface area (Å²) in [6.07, 6.45) is -6.72. The van der Waals surface area contributed by atoms with Crippen LogP contribution in [0, 0.1) is 0 Å². The average Bonchev–Trinajstić information content (AvgIpc) is 2.34. The van der Waals surface area contributed by atoms with Gasteiger partial charge in [0.25, 0.3) is 0 Å². The lowest BCUT2D eigenvalue weighted by molar-refractivity contribution is -0.333. The Balaban J connectivity index is 5.82. The third kappa shape index (κ3) is 3.52. The Bertz CT molecular complexity index is 448. The van der Waals surface area contributed by atoms with Crippen LogP contribution in [-0.4, -0.2) is 34.1 Å². The molecule has 0 unspecified atom stereocenters. The first-order chi connectivity index (χ1) is 9.14. The molecular weight excluding hydrogens is 349 g/mol. The predicted molar refractivity (Wildman–Crippen MR) is 63.2 cm³/mol. The quantitative estimate of drug-likeness (QED) is 0.504. The average molecular weight is 364 g/mol. The molecule has 12 heteroatoms. The van der Waals surface area contributed by atoms with Gasteiger partial charge in [0.1, 0.15) is 0 Å². The fraction of sp³-hybridized carbons (Fsp3) is 1.00. The molecule has 0 aromatic heterocycles. The van der Waals surface area contributed by atoms with Gasteiger partial charge in [0.15, 0.2) is 0 Å². The lowest BCUT2D eigenvalue weighted by atomic mass is 10.3. The molecule has 128 valence electrons. The van der Waals surface area contributed by atoms with E-state index in [0.717, 1.165) is 0 Å². The van der Waals surface area contributed by atoms with Crippen molar-refractivity contribution in [1.29, 1.82) is 0 Å². The molecule has 0 saturated carbocycles. The van der Waals surface area contributed by atoms with Crippen molar-refractivity contribution in [2.45, 2.75) is 56.3 Å². The van der Waals surface area contributed by atoms with Crippen molar-refractivity contribution in [2.24, 2.45) is 0 Å². The second-order valence-corrected chi connectivity index (χ2v) is 10.9. The van der Waals surface area contributed by atoms with Crippen molar-refractivity contribution in [3.8, 4) is 0 Å². The summed E-state index contributed by atoms with van der Waals surface area (Å²) in [4.78, 5) is 0. The van der Waals surface area contributed by atoms with E-state index in [2.05, 4.69) is 3.87 Å². The maximum atomic E-state index is 13.3. The van der Waals surface area contributed by atoms with Gasteiger partial charge in [-0.2, -0.15) is 39.2 Å². The minimum Gasteiger partial charge on any atom is -0.310 e. The first-order valence-electron chi connectivity index (χ1n) is 5.91. The monoisotopic (exact) mass is 364 g/mol. The number of hydrogen-bond acceptors (Lipinski definition) is 3. The highest BCUT2D eigenvalue weighted by atomic mass is 32.2. The molecule has 0 aromatic carbocycles. The van der Waals surface area contributed by atoms with E-state index in [-0.39, 0.29) is 18.1 Å². The number of hydrogen-bond donors (Lipinski definition) is 0. The first kappa shape index (κ1) is 20.6. The maximum Gasteiger partial charge on any atom is 0.461 e. The highest BCUT2D eigenvalue weighted by molar-refractivity contribution is 7.88. The maximum absolute atomic E-state index is 13.3. The molecule has 0 aliphatic carbocycles. The fourth-order valence-corrected chi connectivity index (χ4v) is 7.16. The zero-order chi connectivity index (χ0) is 17.3. The first-order valence-corrected chi connectivity index (χ1v) is 9.85. The van der Waals surface area contributed by atoms with Crippen LogP contribution in [-0.2, 0) is 14.0 Å². The highest BCUT2D eigenvalue weighted by Crippen LogP contribution is 2.50. The second kappa shape index (κ2) is 6.03.